The van der Waals surface area contributed by atoms with E-state index in [-0.39, 0.29) is 0 Å². The second-order valence-corrected chi connectivity index (χ2v) is 5.67. The van der Waals surface area contributed by atoms with Crippen molar-refractivity contribution in [3.05, 3.63) is 71.5 Å². The predicted octanol–water partition coefficient (Wildman–Crippen LogP) is 3.67. The van der Waals surface area contributed by atoms with Crippen LogP contribution in [0.5, 0.6) is 0 Å². The van der Waals surface area contributed by atoms with Crippen molar-refractivity contribution in [3.8, 4) is 6.07 Å². The molecule has 3 aromatic heterocycles. The molecule has 116 valence electrons. The molecule has 0 bridgehead atoms. The van der Waals surface area contributed by atoms with Gasteiger partial charge in [0, 0.05) is 18.9 Å². The third-order valence-electron chi connectivity index (χ3n) is 4.08. The highest BCUT2D eigenvalue weighted by atomic mass is 15.1. The van der Waals surface area contributed by atoms with Crippen molar-refractivity contribution in [2.75, 3.05) is 5.32 Å². The Kier molecular flexibility index (Phi) is 3.36. The minimum atomic E-state index is 0.609. The Morgan fingerprint density at radius 1 is 1.21 bits per heavy atom. The smallest absolute Gasteiger partial charge is 0.157 e. The van der Waals surface area contributed by atoms with Gasteiger partial charge >= 0.3 is 0 Å². The van der Waals surface area contributed by atoms with E-state index in [0.29, 0.717) is 17.8 Å². The summed E-state index contributed by atoms with van der Waals surface area (Å²) in [6.07, 6.45) is 3.60. The van der Waals surface area contributed by atoms with E-state index in [1.165, 1.54) is 0 Å². The number of imidazole rings is 1. The van der Waals surface area contributed by atoms with Crippen molar-refractivity contribution < 1.29 is 0 Å². The molecule has 0 atom stereocenters. The summed E-state index contributed by atoms with van der Waals surface area (Å²) in [6.45, 7) is 2.59. The summed E-state index contributed by atoms with van der Waals surface area (Å²) in [5.74, 6) is 0.916. The zero-order valence-electron chi connectivity index (χ0n) is 13.2. The summed E-state index contributed by atoms with van der Waals surface area (Å²) in [5, 5.41) is 13.0. The molecule has 0 aliphatic heterocycles. The van der Waals surface area contributed by atoms with Crippen molar-refractivity contribution in [2.45, 2.75) is 13.5 Å². The lowest BCUT2D eigenvalue weighted by atomic mass is 10.1. The van der Waals surface area contributed by atoms with Crippen LogP contribution in [0.4, 0.5) is 5.82 Å². The number of aryl methyl sites for hydroxylation is 1. The number of rotatable bonds is 3. The van der Waals surface area contributed by atoms with Gasteiger partial charge in [-0.1, -0.05) is 18.2 Å². The van der Waals surface area contributed by atoms with Crippen molar-refractivity contribution in [1.82, 2.24) is 14.4 Å². The largest absolute Gasteiger partial charge is 0.367 e. The topological polar surface area (TPSA) is 66.0 Å². The predicted molar refractivity (Wildman–Crippen MR) is 93.7 cm³/mol. The van der Waals surface area contributed by atoms with Crippen molar-refractivity contribution in [3.63, 3.8) is 0 Å². The van der Waals surface area contributed by atoms with E-state index < -0.39 is 0 Å². The molecule has 5 nitrogen and oxygen atoms in total. The Balaban J connectivity index is 1.90. The number of hydrogen-bond donors (Lipinski definition) is 1. The van der Waals surface area contributed by atoms with Gasteiger partial charge in [0.2, 0.25) is 0 Å². The van der Waals surface area contributed by atoms with Gasteiger partial charge in [-0.2, -0.15) is 5.26 Å². The molecule has 0 radical (unpaired) electrons. The lowest BCUT2D eigenvalue weighted by molar-refractivity contribution is 1.06. The molecule has 0 unspecified atom stereocenters. The van der Waals surface area contributed by atoms with E-state index in [1.54, 1.807) is 6.20 Å². The van der Waals surface area contributed by atoms with Crippen LogP contribution in [-0.2, 0) is 6.54 Å². The molecular weight excluding hydrogens is 298 g/mol. The summed E-state index contributed by atoms with van der Waals surface area (Å²) in [6, 6.07) is 16.1. The van der Waals surface area contributed by atoms with Crippen LogP contribution in [0, 0.1) is 18.3 Å². The number of aromatic nitrogens is 3. The van der Waals surface area contributed by atoms with Gasteiger partial charge in [0.25, 0.3) is 0 Å². The number of hydrogen-bond acceptors (Lipinski definition) is 4. The number of fused-ring (bicyclic) bond motifs is 3. The van der Waals surface area contributed by atoms with E-state index in [1.807, 2.05) is 60.0 Å². The van der Waals surface area contributed by atoms with Gasteiger partial charge in [-0.15, -0.1) is 0 Å². The standard InChI is InChI=1S/C19H15N5/c1-13-9-18(22-12-14-5-4-8-21-11-14)24-17-7-3-2-6-16(17)23-19(24)15(13)10-20/h2-9,11,22H,12H2,1H3. The van der Waals surface area contributed by atoms with Crippen LogP contribution in [0.3, 0.4) is 0 Å². The minimum Gasteiger partial charge on any atom is -0.367 e. The summed E-state index contributed by atoms with van der Waals surface area (Å²) in [7, 11) is 0. The lowest BCUT2D eigenvalue weighted by Gasteiger charge is -2.12. The fraction of sp³-hybridized carbons (Fsp3) is 0.105. The molecule has 0 saturated heterocycles. The van der Waals surface area contributed by atoms with Crippen LogP contribution in [-0.4, -0.2) is 14.4 Å². The molecule has 1 aromatic carbocycles. The quantitative estimate of drug-likeness (QED) is 0.626. The highest BCUT2D eigenvalue weighted by molar-refractivity contribution is 5.85. The first kappa shape index (κ1) is 14.2. The second kappa shape index (κ2) is 5.67. The van der Waals surface area contributed by atoms with E-state index in [4.69, 9.17) is 0 Å². The van der Waals surface area contributed by atoms with Gasteiger partial charge < -0.3 is 5.32 Å². The fourth-order valence-corrected chi connectivity index (χ4v) is 2.92. The highest BCUT2D eigenvalue weighted by Gasteiger charge is 2.14. The van der Waals surface area contributed by atoms with Crippen LogP contribution in [0.15, 0.2) is 54.9 Å². The molecule has 4 rings (SSSR count). The van der Waals surface area contributed by atoms with Crippen LogP contribution >= 0.6 is 0 Å². The first-order valence-electron chi connectivity index (χ1n) is 7.71. The molecule has 0 spiro atoms. The Hall–Kier alpha value is -3.39. The summed E-state index contributed by atoms with van der Waals surface area (Å²) in [4.78, 5) is 8.79. The maximum atomic E-state index is 9.51. The molecule has 0 saturated carbocycles. The number of pyridine rings is 2. The first-order valence-corrected chi connectivity index (χ1v) is 7.71. The summed E-state index contributed by atoms with van der Waals surface area (Å²) < 4.78 is 2.01. The minimum absolute atomic E-state index is 0.609. The number of anilines is 1. The molecule has 1 N–H and O–H groups in total. The van der Waals surface area contributed by atoms with Crippen LogP contribution < -0.4 is 5.32 Å². The van der Waals surface area contributed by atoms with E-state index in [2.05, 4.69) is 21.4 Å². The molecule has 0 aliphatic carbocycles. The molecule has 0 amide bonds. The van der Waals surface area contributed by atoms with Crippen molar-refractivity contribution in [1.29, 1.82) is 5.26 Å². The Labute approximate surface area is 139 Å². The molecule has 3 heterocycles. The molecule has 24 heavy (non-hydrogen) atoms. The van der Waals surface area contributed by atoms with Crippen molar-refractivity contribution in [2.24, 2.45) is 0 Å². The van der Waals surface area contributed by atoms with Gasteiger partial charge in [0.15, 0.2) is 5.65 Å². The monoisotopic (exact) mass is 313 g/mol. The maximum Gasteiger partial charge on any atom is 0.157 e. The van der Waals surface area contributed by atoms with Gasteiger partial charge in [0.05, 0.1) is 16.6 Å². The van der Waals surface area contributed by atoms with Gasteiger partial charge in [-0.05, 0) is 42.3 Å². The summed E-state index contributed by atoms with van der Waals surface area (Å²) in [5.41, 5.74) is 5.17. The number of nitrogens with zero attached hydrogens (tertiary/aromatic N) is 4. The summed E-state index contributed by atoms with van der Waals surface area (Å²) >= 11 is 0. The third kappa shape index (κ3) is 2.25. The maximum absolute atomic E-state index is 9.51. The Morgan fingerprint density at radius 3 is 2.88 bits per heavy atom. The third-order valence-corrected chi connectivity index (χ3v) is 4.08. The zero-order valence-corrected chi connectivity index (χ0v) is 13.2. The molecule has 4 aromatic rings. The van der Waals surface area contributed by atoms with E-state index in [0.717, 1.165) is 28.0 Å². The van der Waals surface area contributed by atoms with Crippen LogP contribution in [0.25, 0.3) is 16.7 Å². The van der Waals surface area contributed by atoms with Gasteiger partial charge in [-0.3, -0.25) is 9.38 Å². The number of para-hydroxylation sites is 2. The number of nitrogens with one attached hydrogen (secondary N) is 1. The average molecular weight is 313 g/mol. The van der Waals surface area contributed by atoms with Gasteiger partial charge in [-0.25, -0.2) is 4.98 Å². The first-order chi connectivity index (χ1) is 11.8. The van der Waals surface area contributed by atoms with E-state index >= 15 is 0 Å². The molecule has 0 aliphatic rings. The normalized spacial score (nSPS) is 10.8. The van der Waals surface area contributed by atoms with Gasteiger partial charge in [0.1, 0.15) is 11.9 Å². The molecule has 0 fully saturated rings. The Morgan fingerprint density at radius 2 is 2.08 bits per heavy atom. The molecular formula is C19H15N5. The SMILES string of the molecule is Cc1cc(NCc2cccnc2)n2c(nc3ccccc32)c1C#N. The zero-order chi connectivity index (χ0) is 16.5. The Bertz CT molecular complexity index is 1070. The number of nitriles is 1. The second-order valence-electron chi connectivity index (χ2n) is 5.67. The molecule has 5 heteroatoms. The average Bonchev–Trinajstić information content (AvgIpc) is 3.00. The van der Waals surface area contributed by atoms with Crippen LogP contribution in [0.2, 0.25) is 0 Å². The number of benzene rings is 1. The van der Waals surface area contributed by atoms with Crippen molar-refractivity contribution >= 4 is 22.5 Å². The lowest BCUT2D eigenvalue weighted by Crippen LogP contribution is -2.06. The van der Waals surface area contributed by atoms with Crippen LogP contribution in [0.1, 0.15) is 16.7 Å². The fourth-order valence-electron chi connectivity index (χ4n) is 2.92. The van der Waals surface area contributed by atoms with E-state index in [9.17, 15) is 5.26 Å². The highest BCUT2D eigenvalue weighted by Crippen LogP contribution is 2.26.